The van der Waals surface area contributed by atoms with E-state index < -0.39 is 52.4 Å². The highest BCUT2D eigenvalue weighted by atomic mass is 19.2. The van der Waals surface area contributed by atoms with Crippen molar-refractivity contribution in [2.75, 3.05) is 18.8 Å². The van der Waals surface area contributed by atoms with Gasteiger partial charge in [0.15, 0.2) is 23.3 Å². The molecular weight excluding hydrogens is 318 g/mol. The van der Waals surface area contributed by atoms with Crippen LogP contribution in [0.2, 0.25) is 0 Å². The first-order valence-electron chi connectivity index (χ1n) is 6.96. The molecule has 1 saturated heterocycles. The molecule has 1 unspecified atom stereocenters. The van der Waals surface area contributed by atoms with Crippen molar-refractivity contribution in [1.82, 2.24) is 10.2 Å². The van der Waals surface area contributed by atoms with Crippen molar-refractivity contribution in [2.24, 2.45) is 0 Å². The molecule has 2 rings (SSSR count). The third-order valence-corrected chi connectivity index (χ3v) is 3.66. The zero-order chi connectivity index (χ0) is 17.3. The first-order chi connectivity index (χ1) is 10.8. The molecule has 1 aromatic carbocycles. The Morgan fingerprint density at radius 2 is 1.52 bits per heavy atom. The maximum absolute atomic E-state index is 13.7. The second kappa shape index (κ2) is 6.43. The Balaban J connectivity index is 2.22. The number of nitrogens with zero attached hydrogens (tertiary/aromatic N) is 1. The minimum absolute atomic E-state index is 0.437. The van der Waals surface area contributed by atoms with Gasteiger partial charge in [-0.05, 0) is 19.8 Å². The maximum atomic E-state index is 13.7. The zero-order valence-corrected chi connectivity index (χ0v) is 12.3. The SMILES string of the molecule is CC(NC(=O)c1c(F)c(F)c(N)c(F)c1F)C(=O)N1CCCC1. The van der Waals surface area contributed by atoms with E-state index in [0.717, 1.165) is 12.8 Å². The van der Waals surface area contributed by atoms with Crippen LogP contribution in [0.3, 0.4) is 0 Å². The minimum atomic E-state index is -1.90. The molecule has 0 saturated carbocycles. The van der Waals surface area contributed by atoms with Crippen LogP contribution in [0, 0.1) is 23.3 Å². The summed E-state index contributed by atoms with van der Waals surface area (Å²) in [6.45, 7) is 2.36. The molecule has 1 atom stereocenters. The molecule has 0 spiro atoms. The summed E-state index contributed by atoms with van der Waals surface area (Å²) >= 11 is 0. The van der Waals surface area contributed by atoms with Crippen LogP contribution in [0.1, 0.15) is 30.1 Å². The number of nitrogens with one attached hydrogen (secondary N) is 1. The number of likely N-dealkylation sites (tertiary alicyclic amines) is 1. The third-order valence-electron chi connectivity index (χ3n) is 3.66. The van der Waals surface area contributed by atoms with E-state index in [4.69, 9.17) is 5.73 Å². The van der Waals surface area contributed by atoms with Crippen molar-refractivity contribution in [2.45, 2.75) is 25.8 Å². The molecule has 1 fully saturated rings. The van der Waals surface area contributed by atoms with E-state index in [1.54, 1.807) is 0 Å². The fourth-order valence-electron chi connectivity index (χ4n) is 2.39. The van der Waals surface area contributed by atoms with Crippen molar-refractivity contribution in [3.8, 4) is 0 Å². The average molecular weight is 333 g/mol. The van der Waals surface area contributed by atoms with Gasteiger partial charge in [0.05, 0.1) is 0 Å². The van der Waals surface area contributed by atoms with E-state index in [1.165, 1.54) is 11.8 Å². The van der Waals surface area contributed by atoms with Crippen molar-refractivity contribution in [3.63, 3.8) is 0 Å². The van der Waals surface area contributed by atoms with Crippen LogP contribution in [0.4, 0.5) is 23.2 Å². The Kier molecular flexibility index (Phi) is 4.76. The summed E-state index contributed by atoms with van der Waals surface area (Å²) in [5.74, 6) is -9.38. The van der Waals surface area contributed by atoms with Crippen LogP contribution in [-0.4, -0.2) is 35.8 Å². The average Bonchev–Trinajstić information content (AvgIpc) is 3.04. The molecule has 23 heavy (non-hydrogen) atoms. The van der Waals surface area contributed by atoms with E-state index in [9.17, 15) is 27.2 Å². The molecule has 1 aliphatic rings. The molecule has 0 aliphatic carbocycles. The highest BCUT2D eigenvalue weighted by Gasteiger charge is 2.31. The lowest BCUT2D eigenvalue weighted by Gasteiger charge is -2.21. The normalized spacial score (nSPS) is 15.6. The fourth-order valence-corrected chi connectivity index (χ4v) is 2.39. The van der Waals surface area contributed by atoms with Crippen LogP contribution < -0.4 is 11.1 Å². The molecule has 2 amide bonds. The van der Waals surface area contributed by atoms with Crippen molar-refractivity contribution >= 4 is 17.5 Å². The van der Waals surface area contributed by atoms with Gasteiger partial charge in [-0.25, -0.2) is 17.6 Å². The summed E-state index contributed by atoms with van der Waals surface area (Å²) < 4.78 is 54.1. The first-order valence-corrected chi connectivity index (χ1v) is 6.96. The molecule has 0 radical (unpaired) electrons. The van der Waals surface area contributed by atoms with Gasteiger partial charge in [-0.3, -0.25) is 9.59 Å². The number of carbonyl (C=O) groups is 2. The largest absolute Gasteiger partial charge is 0.394 e. The topological polar surface area (TPSA) is 75.4 Å². The summed E-state index contributed by atoms with van der Waals surface area (Å²) in [6.07, 6.45) is 1.65. The number of anilines is 1. The van der Waals surface area contributed by atoms with E-state index in [-0.39, 0.29) is 0 Å². The smallest absolute Gasteiger partial charge is 0.258 e. The first kappa shape index (κ1) is 17.0. The van der Waals surface area contributed by atoms with Gasteiger partial charge in [0.2, 0.25) is 5.91 Å². The fraction of sp³-hybridized carbons (Fsp3) is 0.429. The van der Waals surface area contributed by atoms with Gasteiger partial charge in [0, 0.05) is 13.1 Å². The number of nitrogen functional groups attached to an aromatic ring is 1. The molecule has 9 heteroatoms. The van der Waals surface area contributed by atoms with E-state index >= 15 is 0 Å². The lowest BCUT2D eigenvalue weighted by molar-refractivity contribution is -0.131. The van der Waals surface area contributed by atoms with Crippen molar-refractivity contribution < 1.29 is 27.2 Å². The van der Waals surface area contributed by atoms with Gasteiger partial charge in [-0.1, -0.05) is 0 Å². The molecular formula is C14H15F4N3O2. The standard InChI is InChI=1S/C14H15F4N3O2/c1-6(14(23)21-4-2-3-5-21)20-13(22)7-8(15)10(17)12(19)11(18)9(7)16/h6H,2-5,19H2,1H3,(H,20,22). The lowest BCUT2D eigenvalue weighted by Crippen LogP contribution is -2.46. The number of amides is 2. The van der Waals surface area contributed by atoms with Crippen molar-refractivity contribution in [3.05, 3.63) is 28.8 Å². The van der Waals surface area contributed by atoms with E-state index in [0.29, 0.717) is 13.1 Å². The molecule has 1 aliphatic heterocycles. The van der Waals surface area contributed by atoms with E-state index in [2.05, 4.69) is 0 Å². The second-order valence-electron chi connectivity index (χ2n) is 5.27. The van der Waals surface area contributed by atoms with Crippen LogP contribution in [0.5, 0.6) is 0 Å². The summed E-state index contributed by atoms with van der Waals surface area (Å²) in [4.78, 5) is 25.4. The number of hydrogen-bond acceptors (Lipinski definition) is 3. The molecule has 3 N–H and O–H groups in total. The maximum Gasteiger partial charge on any atom is 0.258 e. The van der Waals surface area contributed by atoms with Gasteiger partial charge >= 0.3 is 0 Å². The van der Waals surface area contributed by atoms with E-state index in [1.807, 2.05) is 5.32 Å². The van der Waals surface area contributed by atoms with Gasteiger partial charge in [0.1, 0.15) is 17.3 Å². The molecule has 1 heterocycles. The minimum Gasteiger partial charge on any atom is -0.394 e. The monoisotopic (exact) mass is 333 g/mol. The van der Waals surface area contributed by atoms with Crippen molar-refractivity contribution in [1.29, 1.82) is 0 Å². The van der Waals surface area contributed by atoms with Crippen LogP contribution >= 0.6 is 0 Å². The predicted octanol–water partition coefficient (Wildman–Crippen LogP) is 1.57. The van der Waals surface area contributed by atoms with Crippen LogP contribution in [0.25, 0.3) is 0 Å². The molecule has 126 valence electrons. The molecule has 0 aromatic heterocycles. The Labute approximate surface area is 129 Å². The number of halogens is 4. The highest BCUT2D eigenvalue weighted by molar-refractivity contribution is 5.98. The summed E-state index contributed by atoms with van der Waals surface area (Å²) in [7, 11) is 0. The highest BCUT2D eigenvalue weighted by Crippen LogP contribution is 2.25. The number of carbonyl (C=O) groups excluding carboxylic acids is 2. The molecule has 5 nitrogen and oxygen atoms in total. The van der Waals surface area contributed by atoms with Gasteiger partial charge in [-0.2, -0.15) is 0 Å². The number of nitrogens with two attached hydrogens (primary N) is 1. The van der Waals surface area contributed by atoms with Gasteiger partial charge < -0.3 is 16.0 Å². The summed E-state index contributed by atoms with van der Waals surface area (Å²) in [6, 6.07) is -1.09. The summed E-state index contributed by atoms with van der Waals surface area (Å²) in [5, 5.41) is 2.04. The number of hydrogen-bond donors (Lipinski definition) is 2. The van der Waals surface area contributed by atoms with Crippen LogP contribution in [-0.2, 0) is 4.79 Å². The zero-order valence-electron chi connectivity index (χ0n) is 12.3. The van der Waals surface area contributed by atoms with Gasteiger partial charge in [-0.15, -0.1) is 0 Å². The van der Waals surface area contributed by atoms with Gasteiger partial charge in [0.25, 0.3) is 5.91 Å². The lowest BCUT2D eigenvalue weighted by atomic mass is 10.1. The molecule has 1 aromatic rings. The quantitative estimate of drug-likeness (QED) is 0.501. The number of benzene rings is 1. The predicted molar refractivity (Wildman–Crippen MR) is 73.4 cm³/mol. The molecule has 0 bridgehead atoms. The number of rotatable bonds is 3. The Hall–Kier alpha value is -2.32. The van der Waals surface area contributed by atoms with Crippen LogP contribution in [0.15, 0.2) is 0 Å². The third kappa shape index (κ3) is 3.08. The Morgan fingerprint density at radius 3 is 2.00 bits per heavy atom. The summed E-state index contributed by atoms with van der Waals surface area (Å²) in [5.41, 5.74) is 2.06. The Morgan fingerprint density at radius 1 is 1.04 bits per heavy atom. The second-order valence-corrected chi connectivity index (χ2v) is 5.27. The Bertz CT molecular complexity index is 631.